The predicted octanol–water partition coefficient (Wildman–Crippen LogP) is 5.27. The van der Waals surface area contributed by atoms with E-state index in [1.165, 1.54) is 0 Å². The highest BCUT2D eigenvalue weighted by molar-refractivity contribution is 5.81. The second-order valence-corrected chi connectivity index (χ2v) is 7.82. The Labute approximate surface area is 168 Å². The van der Waals surface area contributed by atoms with E-state index in [0.717, 1.165) is 47.5 Å². The van der Waals surface area contributed by atoms with Crippen LogP contribution in [0.4, 0.5) is 0 Å². The van der Waals surface area contributed by atoms with E-state index in [0.29, 0.717) is 0 Å². The van der Waals surface area contributed by atoms with Crippen LogP contribution in [-0.4, -0.2) is 17.6 Å². The molecule has 1 aliphatic heterocycles. The molecule has 1 N–H and O–H groups in total. The molecule has 0 aromatic heterocycles. The molecule has 28 heavy (non-hydrogen) atoms. The highest BCUT2D eigenvalue weighted by Gasteiger charge is 2.39. The average molecular weight is 382 g/mol. The van der Waals surface area contributed by atoms with Crippen LogP contribution in [0.3, 0.4) is 0 Å². The van der Waals surface area contributed by atoms with Gasteiger partial charge in [-0.3, -0.25) is 4.79 Å². The summed E-state index contributed by atoms with van der Waals surface area (Å²) in [4.78, 5) is 12.9. The quantitative estimate of drug-likeness (QED) is 0.741. The van der Waals surface area contributed by atoms with Crippen LogP contribution in [-0.2, 0) is 4.79 Å². The van der Waals surface area contributed by atoms with Crippen molar-refractivity contribution in [1.29, 1.82) is 0 Å². The third kappa shape index (κ3) is 4.16. The third-order valence-corrected chi connectivity index (χ3v) is 5.82. The first-order chi connectivity index (χ1) is 13.4. The van der Waals surface area contributed by atoms with Crippen molar-refractivity contribution in [3.05, 3.63) is 59.2 Å². The van der Waals surface area contributed by atoms with Crippen LogP contribution in [0, 0.1) is 13.8 Å². The van der Waals surface area contributed by atoms with Crippen LogP contribution in [0.25, 0.3) is 0 Å². The Morgan fingerprint density at radius 2 is 1.93 bits per heavy atom. The molecule has 0 unspecified atom stereocenters. The van der Waals surface area contributed by atoms with Gasteiger partial charge in [-0.25, -0.2) is 0 Å². The first-order valence-corrected chi connectivity index (χ1v) is 10.2. The number of hydrogen-bond acceptors (Lipinski definition) is 3. The number of rotatable bonds is 6. The van der Waals surface area contributed by atoms with E-state index in [1.54, 1.807) is 6.92 Å². The van der Waals surface area contributed by atoms with Gasteiger partial charge in [0.2, 0.25) is 0 Å². The fourth-order valence-corrected chi connectivity index (χ4v) is 3.80. The van der Waals surface area contributed by atoms with Crippen molar-refractivity contribution >= 4 is 5.91 Å². The maximum absolute atomic E-state index is 12.9. The van der Waals surface area contributed by atoms with Gasteiger partial charge in [-0.1, -0.05) is 44.2 Å². The fourth-order valence-electron chi connectivity index (χ4n) is 3.80. The zero-order chi connectivity index (χ0) is 20.3. The molecule has 0 fully saturated rings. The van der Waals surface area contributed by atoms with Crippen LogP contribution in [0.2, 0.25) is 0 Å². The number of nitrogens with one attached hydrogen (secondary N) is 1. The lowest BCUT2D eigenvalue weighted by Crippen LogP contribution is -2.47. The molecule has 1 heterocycles. The smallest absolute Gasteiger partial charge is 0.261 e. The molecule has 2 aromatic rings. The summed E-state index contributed by atoms with van der Waals surface area (Å²) >= 11 is 0. The maximum Gasteiger partial charge on any atom is 0.261 e. The van der Waals surface area contributed by atoms with Gasteiger partial charge in [0.05, 0.1) is 6.04 Å². The minimum atomic E-state index is -0.576. The summed E-state index contributed by atoms with van der Waals surface area (Å²) in [5.74, 6) is 1.51. The van der Waals surface area contributed by atoms with Crippen LogP contribution in [0.5, 0.6) is 11.5 Å². The second kappa shape index (κ2) is 8.26. The molecule has 2 aromatic carbocycles. The van der Waals surface area contributed by atoms with Gasteiger partial charge in [0.1, 0.15) is 17.1 Å². The highest BCUT2D eigenvalue weighted by Crippen LogP contribution is 2.42. The van der Waals surface area contributed by atoms with Gasteiger partial charge < -0.3 is 14.8 Å². The second-order valence-electron chi connectivity index (χ2n) is 7.82. The molecule has 3 rings (SSSR count). The van der Waals surface area contributed by atoms with E-state index < -0.39 is 6.10 Å². The van der Waals surface area contributed by atoms with Crippen molar-refractivity contribution in [2.75, 3.05) is 0 Å². The molecule has 0 spiro atoms. The fraction of sp³-hybridized carbons (Fsp3) is 0.458. The van der Waals surface area contributed by atoms with E-state index in [2.05, 4.69) is 19.2 Å². The molecule has 2 atom stereocenters. The maximum atomic E-state index is 12.9. The lowest BCUT2D eigenvalue weighted by Gasteiger charge is -2.41. The van der Waals surface area contributed by atoms with Crippen LogP contribution in [0.15, 0.2) is 42.5 Å². The Bertz CT molecular complexity index is 841. The molecule has 0 bridgehead atoms. The van der Waals surface area contributed by atoms with Crippen LogP contribution < -0.4 is 14.8 Å². The monoisotopic (exact) mass is 381 g/mol. The number of amides is 1. The van der Waals surface area contributed by atoms with Gasteiger partial charge in [0.15, 0.2) is 6.10 Å². The van der Waals surface area contributed by atoms with E-state index in [1.807, 2.05) is 56.3 Å². The van der Waals surface area contributed by atoms with Crippen molar-refractivity contribution in [1.82, 2.24) is 5.32 Å². The topological polar surface area (TPSA) is 47.6 Å². The van der Waals surface area contributed by atoms with Crippen LogP contribution in [0.1, 0.15) is 62.8 Å². The SMILES string of the molecule is CCC1(CC)C[C@H](NC(=O)[C@@H](C)Oc2cc(C)ccc2C)c2ccccc2O1. The summed E-state index contributed by atoms with van der Waals surface area (Å²) in [5.41, 5.74) is 2.93. The van der Waals surface area contributed by atoms with Gasteiger partial charge >= 0.3 is 0 Å². The van der Waals surface area contributed by atoms with Gasteiger partial charge in [0.25, 0.3) is 5.91 Å². The number of carbonyl (C=O) groups excluding carboxylic acids is 1. The average Bonchev–Trinajstić information content (AvgIpc) is 2.70. The lowest BCUT2D eigenvalue weighted by molar-refractivity contribution is -0.128. The Kier molecular flexibility index (Phi) is 5.97. The molecule has 4 nitrogen and oxygen atoms in total. The van der Waals surface area contributed by atoms with E-state index in [4.69, 9.17) is 9.47 Å². The minimum absolute atomic E-state index is 0.0815. The number of fused-ring (bicyclic) bond motifs is 1. The predicted molar refractivity (Wildman–Crippen MR) is 112 cm³/mol. The highest BCUT2D eigenvalue weighted by atomic mass is 16.5. The van der Waals surface area contributed by atoms with Crippen molar-refractivity contribution in [2.24, 2.45) is 0 Å². The third-order valence-electron chi connectivity index (χ3n) is 5.82. The largest absolute Gasteiger partial charge is 0.487 e. The number of ether oxygens (including phenoxy) is 2. The lowest BCUT2D eigenvalue weighted by atomic mass is 9.83. The molecule has 0 radical (unpaired) electrons. The molecule has 4 heteroatoms. The number of hydrogen-bond donors (Lipinski definition) is 1. The van der Waals surface area contributed by atoms with Crippen molar-refractivity contribution in [2.45, 2.75) is 71.6 Å². The van der Waals surface area contributed by atoms with Crippen molar-refractivity contribution in [3.8, 4) is 11.5 Å². The van der Waals surface area contributed by atoms with Crippen molar-refractivity contribution in [3.63, 3.8) is 0 Å². The number of benzene rings is 2. The molecule has 0 saturated heterocycles. The Morgan fingerprint density at radius 3 is 2.64 bits per heavy atom. The summed E-state index contributed by atoms with van der Waals surface area (Å²) in [6.07, 6.45) is 1.99. The summed E-state index contributed by atoms with van der Waals surface area (Å²) < 4.78 is 12.3. The normalized spacial score (nSPS) is 18.5. The number of carbonyl (C=O) groups is 1. The minimum Gasteiger partial charge on any atom is -0.487 e. The summed E-state index contributed by atoms with van der Waals surface area (Å²) in [5, 5.41) is 3.21. The number of aryl methyl sites for hydroxylation is 2. The Morgan fingerprint density at radius 1 is 1.21 bits per heavy atom. The Hall–Kier alpha value is -2.49. The van der Waals surface area contributed by atoms with Gasteiger partial charge in [-0.2, -0.15) is 0 Å². The molecule has 1 amide bonds. The van der Waals surface area contributed by atoms with E-state index >= 15 is 0 Å². The van der Waals surface area contributed by atoms with E-state index in [9.17, 15) is 4.79 Å². The standard InChI is InChI=1S/C24H31NO3/c1-6-24(7-2)15-20(19-10-8-9-11-21(19)28-24)25-23(26)18(5)27-22-14-16(3)12-13-17(22)4/h8-14,18,20H,6-7,15H2,1-5H3,(H,25,26)/t18-,20+/m1/s1. The molecule has 1 aliphatic rings. The van der Waals surface area contributed by atoms with Crippen LogP contribution >= 0.6 is 0 Å². The molecule has 0 saturated carbocycles. The van der Waals surface area contributed by atoms with E-state index in [-0.39, 0.29) is 17.6 Å². The summed E-state index contributed by atoms with van der Waals surface area (Å²) in [7, 11) is 0. The molecular formula is C24H31NO3. The van der Waals surface area contributed by atoms with Gasteiger partial charge in [-0.15, -0.1) is 0 Å². The Balaban J connectivity index is 1.77. The first-order valence-electron chi connectivity index (χ1n) is 10.2. The summed E-state index contributed by atoms with van der Waals surface area (Å²) in [6.45, 7) is 10.1. The molecule has 150 valence electrons. The summed E-state index contributed by atoms with van der Waals surface area (Å²) in [6, 6.07) is 13.9. The van der Waals surface area contributed by atoms with Gasteiger partial charge in [0, 0.05) is 12.0 Å². The van der Waals surface area contributed by atoms with Gasteiger partial charge in [-0.05, 0) is 56.9 Å². The first kappa shape index (κ1) is 20.2. The number of para-hydroxylation sites is 1. The molecule has 0 aliphatic carbocycles. The zero-order valence-corrected chi connectivity index (χ0v) is 17.5. The zero-order valence-electron chi connectivity index (χ0n) is 17.5. The molecular weight excluding hydrogens is 350 g/mol. The van der Waals surface area contributed by atoms with Crippen molar-refractivity contribution < 1.29 is 14.3 Å².